The Labute approximate surface area is 155 Å². The minimum atomic E-state index is -0.741. The molecule has 144 valence electrons. The lowest BCUT2D eigenvalue weighted by atomic mass is 10.2. The SMILES string of the molecule is CCc1nc2n(n1)C(CC(=O)Nc1cc(OC)c(OC)c(OC)c1)C(=O)N2. The lowest BCUT2D eigenvalue weighted by Gasteiger charge is -2.15. The Hall–Kier alpha value is -3.30. The average molecular weight is 375 g/mol. The lowest BCUT2D eigenvalue weighted by molar-refractivity contribution is -0.123. The van der Waals surface area contributed by atoms with Crippen LogP contribution in [0.3, 0.4) is 0 Å². The van der Waals surface area contributed by atoms with E-state index in [-0.39, 0.29) is 18.2 Å². The smallest absolute Gasteiger partial charge is 0.252 e. The van der Waals surface area contributed by atoms with Crippen LogP contribution in [0, 0.1) is 0 Å². The number of rotatable bonds is 7. The fraction of sp³-hybridized carbons (Fsp3) is 0.412. The number of amides is 2. The van der Waals surface area contributed by atoms with Crippen molar-refractivity contribution in [1.29, 1.82) is 0 Å². The van der Waals surface area contributed by atoms with Gasteiger partial charge in [0.25, 0.3) is 5.91 Å². The summed E-state index contributed by atoms with van der Waals surface area (Å²) in [5.41, 5.74) is 0.459. The molecule has 0 saturated carbocycles. The van der Waals surface area contributed by atoms with E-state index in [1.165, 1.54) is 26.0 Å². The molecule has 0 fully saturated rings. The summed E-state index contributed by atoms with van der Waals surface area (Å²) < 4.78 is 17.3. The maximum absolute atomic E-state index is 12.5. The van der Waals surface area contributed by atoms with Crippen molar-refractivity contribution in [1.82, 2.24) is 14.8 Å². The zero-order chi connectivity index (χ0) is 19.6. The van der Waals surface area contributed by atoms with Gasteiger partial charge in [0.2, 0.25) is 17.6 Å². The molecule has 2 aromatic rings. The molecule has 0 bridgehead atoms. The van der Waals surface area contributed by atoms with Gasteiger partial charge in [0, 0.05) is 24.2 Å². The Kier molecular flexibility index (Phi) is 5.15. The second-order valence-electron chi connectivity index (χ2n) is 5.82. The number of aryl methyl sites for hydroxylation is 1. The van der Waals surface area contributed by atoms with Crippen LogP contribution in [0.25, 0.3) is 0 Å². The Balaban J connectivity index is 1.77. The first-order chi connectivity index (χ1) is 13.0. The molecule has 0 radical (unpaired) electrons. The molecule has 2 amide bonds. The van der Waals surface area contributed by atoms with E-state index < -0.39 is 6.04 Å². The Morgan fingerprint density at radius 1 is 1.22 bits per heavy atom. The Bertz CT molecular complexity index is 854. The van der Waals surface area contributed by atoms with E-state index in [9.17, 15) is 9.59 Å². The van der Waals surface area contributed by atoms with E-state index in [2.05, 4.69) is 20.7 Å². The van der Waals surface area contributed by atoms with E-state index in [1.54, 1.807) is 12.1 Å². The van der Waals surface area contributed by atoms with Crippen molar-refractivity contribution in [2.24, 2.45) is 0 Å². The number of carbonyl (C=O) groups is 2. The summed E-state index contributed by atoms with van der Waals surface area (Å²) in [6.45, 7) is 1.92. The van der Waals surface area contributed by atoms with E-state index in [0.29, 0.717) is 41.1 Å². The van der Waals surface area contributed by atoms with Gasteiger partial charge >= 0.3 is 0 Å². The molecule has 1 atom stereocenters. The van der Waals surface area contributed by atoms with Crippen LogP contribution in [0.2, 0.25) is 0 Å². The van der Waals surface area contributed by atoms with E-state index >= 15 is 0 Å². The van der Waals surface area contributed by atoms with Crippen LogP contribution in [0.1, 0.15) is 25.2 Å². The molecule has 1 aliphatic rings. The first kappa shape index (κ1) is 18.5. The highest BCUT2D eigenvalue weighted by Crippen LogP contribution is 2.40. The highest BCUT2D eigenvalue weighted by Gasteiger charge is 2.34. The summed E-state index contributed by atoms with van der Waals surface area (Å²) in [4.78, 5) is 28.8. The predicted molar refractivity (Wildman–Crippen MR) is 96.4 cm³/mol. The minimum absolute atomic E-state index is 0.0813. The monoisotopic (exact) mass is 375 g/mol. The predicted octanol–water partition coefficient (Wildman–Crippen LogP) is 1.39. The quantitative estimate of drug-likeness (QED) is 0.751. The van der Waals surface area contributed by atoms with E-state index in [1.807, 2.05) is 6.92 Å². The Morgan fingerprint density at radius 3 is 2.44 bits per heavy atom. The number of carbonyl (C=O) groups excluding carboxylic acids is 2. The fourth-order valence-electron chi connectivity index (χ4n) is 2.84. The molecule has 1 aromatic heterocycles. The van der Waals surface area contributed by atoms with Gasteiger partial charge in [-0.2, -0.15) is 10.1 Å². The summed E-state index contributed by atoms with van der Waals surface area (Å²) in [5, 5.41) is 9.65. The number of hydrogen-bond acceptors (Lipinski definition) is 7. The van der Waals surface area contributed by atoms with Crippen LogP contribution in [0.15, 0.2) is 12.1 Å². The molecule has 0 saturated heterocycles. The van der Waals surface area contributed by atoms with Gasteiger partial charge in [0.05, 0.1) is 27.8 Å². The molecule has 2 heterocycles. The van der Waals surface area contributed by atoms with Gasteiger partial charge in [-0.15, -0.1) is 0 Å². The number of benzene rings is 1. The van der Waals surface area contributed by atoms with Crippen molar-refractivity contribution in [3.8, 4) is 17.2 Å². The van der Waals surface area contributed by atoms with Crippen molar-refractivity contribution in [2.75, 3.05) is 32.0 Å². The maximum atomic E-state index is 12.5. The molecule has 0 aliphatic carbocycles. The summed E-state index contributed by atoms with van der Waals surface area (Å²) in [6.07, 6.45) is 0.558. The second-order valence-corrected chi connectivity index (χ2v) is 5.82. The van der Waals surface area contributed by atoms with Crippen LogP contribution >= 0.6 is 0 Å². The molecule has 3 rings (SSSR count). The first-order valence-corrected chi connectivity index (χ1v) is 8.36. The number of nitrogens with one attached hydrogen (secondary N) is 2. The van der Waals surface area contributed by atoms with Gasteiger partial charge in [0.15, 0.2) is 17.3 Å². The molecular weight excluding hydrogens is 354 g/mol. The third-order valence-corrected chi connectivity index (χ3v) is 4.15. The van der Waals surface area contributed by atoms with Gasteiger partial charge in [-0.1, -0.05) is 6.92 Å². The third kappa shape index (κ3) is 3.50. The van der Waals surface area contributed by atoms with E-state index in [4.69, 9.17) is 14.2 Å². The lowest BCUT2D eigenvalue weighted by Crippen LogP contribution is -2.24. The fourth-order valence-corrected chi connectivity index (χ4v) is 2.84. The average Bonchev–Trinajstić information content (AvgIpc) is 3.18. The summed E-state index contributed by atoms with van der Waals surface area (Å²) in [7, 11) is 4.48. The standard InChI is InChI=1S/C17H21N5O5/c1-5-13-19-17-20-16(24)10(22(17)21-13)8-14(23)18-9-6-11(25-2)15(27-4)12(7-9)26-3/h6-7,10H,5,8H2,1-4H3,(H,18,23)(H,19,20,21,24). The first-order valence-electron chi connectivity index (χ1n) is 8.36. The molecule has 10 heteroatoms. The summed E-state index contributed by atoms with van der Waals surface area (Å²) >= 11 is 0. The number of anilines is 2. The number of fused-ring (bicyclic) bond motifs is 1. The van der Waals surface area contributed by atoms with Gasteiger partial charge in [-0.05, 0) is 0 Å². The zero-order valence-electron chi connectivity index (χ0n) is 15.5. The molecule has 2 N–H and O–H groups in total. The number of methoxy groups -OCH3 is 3. The summed E-state index contributed by atoms with van der Waals surface area (Å²) in [5.74, 6) is 1.56. The van der Waals surface area contributed by atoms with Crippen LogP contribution in [0.4, 0.5) is 11.6 Å². The zero-order valence-corrected chi connectivity index (χ0v) is 15.5. The maximum Gasteiger partial charge on any atom is 0.252 e. The molecule has 1 aliphatic heterocycles. The molecular formula is C17H21N5O5. The Morgan fingerprint density at radius 2 is 1.89 bits per heavy atom. The topological polar surface area (TPSA) is 117 Å². The van der Waals surface area contributed by atoms with Crippen LogP contribution in [0.5, 0.6) is 17.2 Å². The molecule has 10 nitrogen and oxygen atoms in total. The van der Waals surface area contributed by atoms with Crippen molar-refractivity contribution in [3.05, 3.63) is 18.0 Å². The molecule has 1 unspecified atom stereocenters. The van der Waals surface area contributed by atoms with Gasteiger partial charge in [-0.25, -0.2) is 4.68 Å². The number of hydrogen-bond donors (Lipinski definition) is 2. The van der Waals surface area contributed by atoms with Crippen molar-refractivity contribution >= 4 is 23.5 Å². The van der Waals surface area contributed by atoms with Crippen LogP contribution in [-0.4, -0.2) is 47.9 Å². The molecule has 1 aromatic carbocycles. The van der Waals surface area contributed by atoms with Crippen molar-refractivity contribution < 1.29 is 23.8 Å². The van der Waals surface area contributed by atoms with E-state index in [0.717, 1.165) is 0 Å². The molecule has 27 heavy (non-hydrogen) atoms. The highest BCUT2D eigenvalue weighted by molar-refractivity contribution is 6.01. The highest BCUT2D eigenvalue weighted by atomic mass is 16.5. The molecule has 0 spiro atoms. The number of ether oxygens (including phenoxy) is 3. The number of nitrogens with zero attached hydrogens (tertiary/aromatic N) is 3. The van der Waals surface area contributed by atoms with Gasteiger partial charge in [0.1, 0.15) is 6.04 Å². The third-order valence-electron chi connectivity index (χ3n) is 4.15. The van der Waals surface area contributed by atoms with Crippen LogP contribution < -0.4 is 24.8 Å². The second kappa shape index (κ2) is 7.52. The van der Waals surface area contributed by atoms with Gasteiger partial charge in [-0.3, -0.25) is 14.9 Å². The normalized spacial score (nSPS) is 15.1. The van der Waals surface area contributed by atoms with Gasteiger partial charge < -0.3 is 19.5 Å². The minimum Gasteiger partial charge on any atom is -0.493 e. The number of aromatic nitrogens is 3. The van der Waals surface area contributed by atoms with Crippen molar-refractivity contribution in [3.63, 3.8) is 0 Å². The summed E-state index contributed by atoms with van der Waals surface area (Å²) in [6, 6.07) is 2.49. The van der Waals surface area contributed by atoms with Crippen molar-refractivity contribution in [2.45, 2.75) is 25.8 Å². The largest absolute Gasteiger partial charge is 0.493 e. The van der Waals surface area contributed by atoms with Crippen LogP contribution in [-0.2, 0) is 16.0 Å².